The highest BCUT2D eigenvalue weighted by Gasteiger charge is 2.10. The molecule has 10 heteroatoms. The van der Waals surface area contributed by atoms with Gasteiger partial charge >= 0.3 is 12.7 Å². The molecule has 1 amide bonds. The summed E-state index contributed by atoms with van der Waals surface area (Å²) in [5, 5.41) is 8.80. The number of carbonyl (C=O) groups excluding carboxylic acids is 1. The fraction of sp³-hybridized carbons (Fsp3) is 0.300. The van der Waals surface area contributed by atoms with E-state index in [0.717, 1.165) is 11.1 Å². The van der Waals surface area contributed by atoms with E-state index in [1.54, 1.807) is 31.3 Å². The molecule has 0 saturated heterocycles. The number of aliphatic imine (C=N–C) groups is 1. The molecular weight excluding hydrogens is 509 g/mol. The first-order chi connectivity index (χ1) is 13.9. The van der Waals surface area contributed by atoms with Gasteiger partial charge in [0, 0.05) is 31.4 Å². The fourth-order valence-electron chi connectivity index (χ4n) is 2.52. The lowest BCUT2D eigenvalue weighted by Gasteiger charge is -2.15. The summed E-state index contributed by atoms with van der Waals surface area (Å²) >= 11 is 0. The zero-order chi connectivity index (χ0) is 21.2. The summed E-state index contributed by atoms with van der Waals surface area (Å²) in [6.07, 6.45) is -0.535. The fourth-order valence-corrected chi connectivity index (χ4v) is 2.52. The molecule has 2 rings (SSSR count). The van der Waals surface area contributed by atoms with E-state index in [9.17, 15) is 13.6 Å². The maximum atomic E-state index is 12.6. The molecule has 2 aromatic carbocycles. The van der Waals surface area contributed by atoms with E-state index in [1.165, 1.54) is 13.2 Å². The van der Waals surface area contributed by atoms with Crippen molar-refractivity contribution in [3.8, 4) is 5.75 Å². The first-order valence-corrected chi connectivity index (χ1v) is 8.84. The lowest BCUT2D eigenvalue weighted by atomic mass is 10.1. The van der Waals surface area contributed by atoms with Crippen LogP contribution in [0.15, 0.2) is 47.5 Å². The Balaban J connectivity index is 0.00000450. The second-order valence-electron chi connectivity index (χ2n) is 6.08. The highest BCUT2D eigenvalue weighted by Crippen LogP contribution is 2.22. The van der Waals surface area contributed by atoms with Crippen molar-refractivity contribution in [1.82, 2.24) is 10.6 Å². The molecule has 0 bridgehead atoms. The average molecular weight is 534 g/mol. The smallest absolute Gasteiger partial charge is 0.411 e. The molecule has 30 heavy (non-hydrogen) atoms. The molecule has 0 spiro atoms. The number of benzene rings is 2. The third kappa shape index (κ3) is 8.39. The number of rotatable bonds is 7. The predicted molar refractivity (Wildman–Crippen MR) is 123 cm³/mol. The van der Waals surface area contributed by atoms with Crippen LogP contribution in [0.2, 0.25) is 0 Å². The molecule has 0 atom stereocenters. The van der Waals surface area contributed by atoms with Gasteiger partial charge in [0.2, 0.25) is 0 Å². The number of alkyl halides is 2. The SMILES string of the molecule is CN=C(NCc1ccc(NC(=O)OC)cc1)NCc1cc(C)ccc1OC(F)F.I. The third-order valence-corrected chi connectivity index (χ3v) is 3.95. The standard InChI is InChI=1S/C20H24F2N4O3.HI/c1-13-4-9-17(29-18(21)22)15(10-13)12-25-19(23-2)24-11-14-5-7-16(8-6-14)26-20(27)28-3;/h4-10,18H,11-12H2,1-3H3,(H,26,27)(H2,23,24,25);1H. The second kappa shape index (κ2) is 12.8. The van der Waals surface area contributed by atoms with Crippen molar-refractivity contribution in [2.75, 3.05) is 19.5 Å². The Kier molecular flexibility index (Phi) is 10.9. The van der Waals surface area contributed by atoms with Crippen molar-refractivity contribution in [2.24, 2.45) is 4.99 Å². The first kappa shape index (κ1) is 25.4. The Bertz CT molecular complexity index is 848. The molecule has 0 saturated carbocycles. The highest BCUT2D eigenvalue weighted by atomic mass is 127. The van der Waals surface area contributed by atoms with Crippen LogP contribution < -0.4 is 20.7 Å². The Morgan fingerprint density at radius 2 is 1.77 bits per heavy atom. The number of ether oxygens (including phenoxy) is 2. The van der Waals surface area contributed by atoms with Crippen LogP contribution in [0.25, 0.3) is 0 Å². The van der Waals surface area contributed by atoms with Crippen LogP contribution in [0.5, 0.6) is 5.75 Å². The third-order valence-electron chi connectivity index (χ3n) is 3.95. The molecule has 0 unspecified atom stereocenters. The molecule has 7 nitrogen and oxygen atoms in total. The van der Waals surface area contributed by atoms with Crippen LogP contribution in [0, 0.1) is 6.92 Å². The predicted octanol–water partition coefficient (Wildman–Crippen LogP) is 4.26. The van der Waals surface area contributed by atoms with Crippen molar-refractivity contribution >= 4 is 41.7 Å². The van der Waals surface area contributed by atoms with Gasteiger partial charge in [0.25, 0.3) is 0 Å². The van der Waals surface area contributed by atoms with Crippen molar-refractivity contribution in [3.05, 3.63) is 59.2 Å². The molecule has 0 aliphatic carbocycles. The van der Waals surface area contributed by atoms with Gasteiger partial charge in [0.15, 0.2) is 5.96 Å². The van der Waals surface area contributed by atoms with Gasteiger partial charge in [0.1, 0.15) is 5.75 Å². The molecule has 0 aliphatic rings. The largest absolute Gasteiger partial charge is 0.453 e. The number of anilines is 1. The summed E-state index contributed by atoms with van der Waals surface area (Å²) in [6, 6.07) is 12.2. The summed E-state index contributed by atoms with van der Waals surface area (Å²) in [7, 11) is 2.91. The molecule has 2 aromatic rings. The van der Waals surface area contributed by atoms with Crippen LogP contribution in [-0.4, -0.2) is 32.8 Å². The van der Waals surface area contributed by atoms with E-state index >= 15 is 0 Å². The minimum absolute atomic E-state index is 0. The van der Waals surface area contributed by atoms with Crippen LogP contribution in [0.3, 0.4) is 0 Å². The van der Waals surface area contributed by atoms with Gasteiger partial charge in [-0.1, -0.05) is 29.8 Å². The number of amides is 1. The number of nitrogens with zero attached hydrogens (tertiary/aromatic N) is 1. The normalized spacial score (nSPS) is 10.8. The van der Waals surface area contributed by atoms with E-state index < -0.39 is 12.7 Å². The topological polar surface area (TPSA) is 84.0 Å². The summed E-state index contributed by atoms with van der Waals surface area (Å²) in [6.45, 7) is -0.260. The summed E-state index contributed by atoms with van der Waals surface area (Å²) < 4.78 is 34.3. The van der Waals surface area contributed by atoms with E-state index in [2.05, 4.69) is 30.4 Å². The number of aryl methyl sites for hydroxylation is 1. The number of halogens is 3. The quantitative estimate of drug-likeness (QED) is 0.281. The molecule has 0 radical (unpaired) electrons. The number of guanidine groups is 1. The van der Waals surface area contributed by atoms with E-state index in [-0.39, 0.29) is 36.3 Å². The molecule has 3 N–H and O–H groups in total. The van der Waals surface area contributed by atoms with Crippen molar-refractivity contribution < 1.29 is 23.0 Å². The lowest BCUT2D eigenvalue weighted by Crippen LogP contribution is -2.36. The van der Waals surface area contributed by atoms with Gasteiger partial charge < -0.3 is 20.1 Å². The zero-order valence-corrected chi connectivity index (χ0v) is 19.2. The van der Waals surface area contributed by atoms with Crippen molar-refractivity contribution in [1.29, 1.82) is 0 Å². The monoisotopic (exact) mass is 534 g/mol. The zero-order valence-electron chi connectivity index (χ0n) is 16.9. The number of hydrogen-bond acceptors (Lipinski definition) is 4. The summed E-state index contributed by atoms with van der Waals surface area (Å²) in [5.74, 6) is 0.633. The van der Waals surface area contributed by atoms with Gasteiger partial charge in [-0.25, -0.2) is 4.79 Å². The molecule has 164 valence electrons. The van der Waals surface area contributed by atoms with E-state index in [1.807, 2.05) is 19.1 Å². The number of carbonyl (C=O) groups is 1. The Morgan fingerprint density at radius 1 is 1.10 bits per heavy atom. The second-order valence-corrected chi connectivity index (χ2v) is 6.08. The van der Waals surface area contributed by atoms with Gasteiger partial charge in [-0.05, 0) is 30.7 Å². The van der Waals surface area contributed by atoms with Gasteiger partial charge in [-0.15, -0.1) is 24.0 Å². The Morgan fingerprint density at radius 3 is 2.37 bits per heavy atom. The molecular formula is C20H25F2IN4O3. The van der Waals surface area contributed by atoms with E-state index in [4.69, 9.17) is 0 Å². The first-order valence-electron chi connectivity index (χ1n) is 8.84. The Hall–Kier alpha value is -2.63. The maximum absolute atomic E-state index is 12.6. The minimum atomic E-state index is -2.88. The van der Waals surface area contributed by atoms with Crippen LogP contribution >= 0.6 is 24.0 Å². The summed E-state index contributed by atoms with van der Waals surface area (Å²) in [5.41, 5.74) is 3.12. The molecule has 0 aliphatic heterocycles. The van der Waals surface area contributed by atoms with Crippen LogP contribution in [-0.2, 0) is 17.8 Å². The van der Waals surface area contributed by atoms with Crippen molar-refractivity contribution in [2.45, 2.75) is 26.6 Å². The Labute approximate surface area is 191 Å². The van der Waals surface area contributed by atoms with Crippen LogP contribution in [0.1, 0.15) is 16.7 Å². The van der Waals surface area contributed by atoms with Crippen LogP contribution in [0.4, 0.5) is 19.3 Å². The lowest BCUT2D eigenvalue weighted by molar-refractivity contribution is -0.0504. The average Bonchev–Trinajstić information content (AvgIpc) is 2.70. The minimum Gasteiger partial charge on any atom is -0.453 e. The molecule has 0 fully saturated rings. The summed E-state index contributed by atoms with van der Waals surface area (Å²) in [4.78, 5) is 15.3. The van der Waals surface area contributed by atoms with Crippen molar-refractivity contribution in [3.63, 3.8) is 0 Å². The van der Waals surface area contributed by atoms with Gasteiger partial charge in [0.05, 0.1) is 7.11 Å². The molecule has 0 heterocycles. The maximum Gasteiger partial charge on any atom is 0.411 e. The molecule has 0 aromatic heterocycles. The highest BCUT2D eigenvalue weighted by molar-refractivity contribution is 14.0. The number of methoxy groups -OCH3 is 1. The van der Waals surface area contributed by atoms with E-state index in [0.29, 0.717) is 23.8 Å². The number of nitrogens with one attached hydrogen (secondary N) is 3. The van der Waals surface area contributed by atoms with Gasteiger partial charge in [-0.2, -0.15) is 8.78 Å². The van der Waals surface area contributed by atoms with Gasteiger partial charge in [-0.3, -0.25) is 10.3 Å². The number of hydrogen-bond donors (Lipinski definition) is 3.